The molecule has 342 valence electrons. The summed E-state index contributed by atoms with van der Waals surface area (Å²) < 4.78 is 0. The highest BCUT2D eigenvalue weighted by atomic mass is 16.3. The van der Waals surface area contributed by atoms with Gasteiger partial charge in [0.1, 0.15) is 0 Å². The summed E-state index contributed by atoms with van der Waals surface area (Å²) in [6.45, 7) is 4.32. The number of carbonyl (C=O) groups is 1. The molecule has 1 amide bonds. The topological polar surface area (TPSA) is 69.6 Å². The van der Waals surface area contributed by atoms with Crippen molar-refractivity contribution in [1.29, 1.82) is 0 Å². The molecule has 0 rings (SSSR count). The van der Waals surface area contributed by atoms with Gasteiger partial charge in [0.05, 0.1) is 18.8 Å². The number of rotatable bonds is 48. The highest BCUT2D eigenvalue weighted by Crippen LogP contribution is 2.17. The van der Waals surface area contributed by atoms with Crippen molar-refractivity contribution in [3.63, 3.8) is 0 Å². The number of allylic oxidation sites excluding steroid dienone is 5. The molecule has 0 radical (unpaired) electrons. The van der Waals surface area contributed by atoms with Crippen LogP contribution in [0.25, 0.3) is 0 Å². The normalized spacial score (nSPS) is 13.1. The van der Waals surface area contributed by atoms with E-state index < -0.39 is 12.1 Å². The van der Waals surface area contributed by atoms with Crippen molar-refractivity contribution >= 4 is 5.91 Å². The molecule has 0 saturated carbocycles. The van der Waals surface area contributed by atoms with Gasteiger partial charge in [-0.3, -0.25) is 4.79 Å². The Morgan fingerprint density at radius 1 is 0.397 bits per heavy atom. The first-order valence-corrected chi connectivity index (χ1v) is 26.2. The van der Waals surface area contributed by atoms with Gasteiger partial charge in [-0.2, -0.15) is 0 Å². The highest BCUT2D eigenvalue weighted by Gasteiger charge is 2.17. The standard InChI is InChI=1S/C54H103NO3/c1-3-5-7-9-11-13-15-17-19-21-23-25-26-27-28-29-30-32-34-36-38-40-42-44-46-48-50-54(58)55-52(51-56)53(57)49-47-45-43-41-39-37-35-33-31-24-22-20-18-16-14-12-10-8-6-4-2/h31,33,39,41,47,49,52-53,56-57H,3-30,32,34-38,40,42-46,48,50-51H2,1-2H3,(H,55,58)/b33-31+,41-39+,49-47+. The predicted octanol–water partition coefficient (Wildman–Crippen LogP) is 16.9. The average Bonchev–Trinajstić information content (AvgIpc) is 3.23. The van der Waals surface area contributed by atoms with Crippen LogP contribution in [0.2, 0.25) is 0 Å². The number of carbonyl (C=O) groups excluding carboxylic acids is 1. The van der Waals surface area contributed by atoms with E-state index in [1.807, 2.05) is 6.08 Å². The van der Waals surface area contributed by atoms with Crippen molar-refractivity contribution in [2.24, 2.45) is 0 Å². The minimum absolute atomic E-state index is 0.0728. The molecule has 2 atom stereocenters. The van der Waals surface area contributed by atoms with Gasteiger partial charge in [0.2, 0.25) is 5.91 Å². The largest absolute Gasteiger partial charge is 0.394 e. The summed E-state index contributed by atoms with van der Waals surface area (Å²) in [5.41, 5.74) is 0. The van der Waals surface area contributed by atoms with E-state index in [2.05, 4.69) is 43.5 Å². The van der Waals surface area contributed by atoms with Gasteiger partial charge in [0.25, 0.3) is 0 Å². The zero-order chi connectivity index (χ0) is 42.1. The lowest BCUT2D eigenvalue weighted by atomic mass is 10.0. The summed E-state index contributed by atoms with van der Waals surface area (Å²) in [5, 5.41) is 23.1. The Morgan fingerprint density at radius 2 is 0.672 bits per heavy atom. The molecule has 0 aromatic rings. The van der Waals surface area contributed by atoms with Crippen molar-refractivity contribution < 1.29 is 15.0 Å². The first kappa shape index (κ1) is 56.6. The van der Waals surface area contributed by atoms with Crippen molar-refractivity contribution in [3.8, 4) is 0 Å². The molecular formula is C54H103NO3. The number of unbranched alkanes of at least 4 members (excludes halogenated alkanes) is 37. The lowest BCUT2D eigenvalue weighted by Gasteiger charge is -2.19. The molecule has 0 saturated heterocycles. The van der Waals surface area contributed by atoms with Crippen LogP contribution in [0.3, 0.4) is 0 Å². The Labute approximate surface area is 363 Å². The van der Waals surface area contributed by atoms with E-state index in [0.29, 0.717) is 6.42 Å². The van der Waals surface area contributed by atoms with Crippen LogP contribution >= 0.6 is 0 Å². The molecule has 0 aromatic carbocycles. The molecule has 0 aliphatic carbocycles. The van der Waals surface area contributed by atoms with Crippen molar-refractivity contribution in [2.75, 3.05) is 6.61 Å². The van der Waals surface area contributed by atoms with Crippen LogP contribution in [-0.2, 0) is 4.79 Å². The van der Waals surface area contributed by atoms with E-state index in [9.17, 15) is 15.0 Å². The lowest BCUT2D eigenvalue weighted by Crippen LogP contribution is -2.45. The second-order valence-electron chi connectivity index (χ2n) is 17.9. The number of amides is 1. The summed E-state index contributed by atoms with van der Waals surface area (Å²) in [4.78, 5) is 12.4. The van der Waals surface area contributed by atoms with Crippen LogP contribution in [0.5, 0.6) is 0 Å². The second-order valence-corrected chi connectivity index (χ2v) is 17.9. The second kappa shape index (κ2) is 50.0. The summed E-state index contributed by atoms with van der Waals surface area (Å²) in [7, 11) is 0. The van der Waals surface area contributed by atoms with Crippen LogP contribution < -0.4 is 5.32 Å². The molecule has 0 aliphatic rings. The molecule has 4 nitrogen and oxygen atoms in total. The average molecular weight is 814 g/mol. The lowest BCUT2D eigenvalue weighted by molar-refractivity contribution is -0.123. The van der Waals surface area contributed by atoms with Gasteiger partial charge in [-0.25, -0.2) is 0 Å². The predicted molar refractivity (Wildman–Crippen MR) is 258 cm³/mol. The van der Waals surface area contributed by atoms with E-state index >= 15 is 0 Å². The molecular weight excluding hydrogens is 711 g/mol. The van der Waals surface area contributed by atoms with Crippen LogP contribution in [-0.4, -0.2) is 34.9 Å². The Kier molecular flexibility index (Phi) is 48.8. The molecule has 3 N–H and O–H groups in total. The summed E-state index contributed by atoms with van der Waals surface area (Å²) in [5.74, 6) is -0.0728. The Morgan fingerprint density at radius 3 is 1.00 bits per heavy atom. The first-order valence-electron chi connectivity index (χ1n) is 26.2. The van der Waals surface area contributed by atoms with Crippen molar-refractivity contribution in [2.45, 2.75) is 296 Å². The van der Waals surface area contributed by atoms with E-state index in [4.69, 9.17) is 0 Å². The number of aliphatic hydroxyl groups excluding tert-OH is 2. The third-order valence-electron chi connectivity index (χ3n) is 12.1. The molecule has 0 heterocycles. The number of nitrogens with one attached hydrogen (secondary N) is 1. The maximum atomic E-state index is 12.4. The first-order chi connectivity index (χ1) is 28.7. The van der Waals surface area contributed by atoms with Gasteiger partial charge >= 0.3 is 0 Å². The van der Waals surface area contributed by atoms with Crippen LogP contribution in [0.4, 0.5) is 0 Å². The molecule has 0 aliphatic heterocycles. The Balaban J connectivity index is 3.53. The molecule has 4 heteroatoms. The van der Waals surface area contributed by atoms with Gasteiger partial charge in [-0.1, -0.05) is 269 Å². The van der Waals surface area contributed by atoms with Crippen LogP contribution in [0.15, 0.2) is 36.5 Å². The van der Waals surface area contributed by atoms with Gasteiger partial charge in [0.15, 0.2) is 0 Å². The molecule has 0 aromatic heterocycles. The monoisotopic (exact) mass is 814 g/mol. The third-order valence-corrected chi connectivity index (χ3v) is 12.1. The highest BCUT2D eigenvalue weighted by molar-refractivity contribution is 5.76. The molecule has 58 heavy (non-hydrogen) atoms. The third kappa shape index (κ3) is 45.7. The van der Waals surface area contributed by atoms with E-state index in [1.54, 1.807) is 6.08 Å². The molecule has 0 fully saturated rings. The quantitative estimate of drug-likeness (QED) is 0.0423. The van der Waals surface area contributed by atoms with Crippen LogP contribution in [0, 0.1) is 0 Å². The van der Waals surface area contributed by atoms with E-state index in [0.717, 1.165) is 38.5 Å². The Bertz CT molecular complexity index is 882. The minimum atomic E-state index is -0.868. The van der Waals surface area contributed by atoms with Crippen molar-refractivity contribution in [3.05, 3.63) is 36.5 Å². The summed E-state index contributed by atoms with van der Waals surface area (Å²) in [6.07, 6.45) is 67.2. The van der Waals surface area contributed by atoms with Gasteiger partial charge in [-0.15, -0.1) is 0 Å². The van der Waals surface area contributed by atoms with Crippen molar-refractivity contribution in [1.82, 2.24) is 5.32 Å². The summed E-state index contributed by atoms with van der Waals surface area (Å²) >= 11 is 0. The van der Waals surface area contributed by atoms with Gasteiger partial charge in [-0.05, 0) is 44.9 Å². The van der Waals surface area contributed by atoms with E-state index in [1.165, 1.54) is 225 Å². The number of aliphatic hydroxyl groups is 2. The maximum absolute atomic E-state index is 12.4. The number of hydrogen-bond donors (Lipinski definition) is 3. The van der Waals surface area contributed by atoms with Crippen LogP contribution in [0.1, 0.15) is 284 Å². The zero-order valence-electron chi connectivity index (χ0n) is 39.3. The fourth-order valence-corrected chi connectivity index (χ4v) is 8.10. The molecule has 2 unspecified atom stereocenters. The van der Waals surface area contributed by atoms with Gasteiger partial charge in [0, 0.05) is 6.42 Å². The zero-order valence-corrected chi connectivity index (χ0v) is 39.3. The minimum Gasteiger partial charge on any atom is -0.394 e. The maximum Gasteiger partial charge on any atom is 0.220 e. The Hall–Kier alpha value is -1.39. The smallest absolute Gasteiger partial charge is 0.220 e. The number of hydrogen-bond acceptors (Lipinski definition) is 3. The molecule has 0 bridgehead atoms. The van der Waals surface area contributed by atoms with Gasteiger partial charge < -0.3 is 15.5 Å². The fraction of sp³-hybridized carbons (Fsp3) is 0.870. The summed E-state index contributed by atoms with van der Waals surface area (Å²) in [6, 6.07) is -0.643. The molecule has 0 spiro atoms. The SMILES string of the molecule is CCCCCCCCCCCC/C=C/CC/C=C/CC/C=C/C(O)C(CO)NC(=O)CCCCCCCCCCCCCCCCCCCCCCCCCCCC. The van der Waals surface area contributed by atoms with E-state index in [-0.39, 0.29) is 12.5 Å². The fourth-order valence-electron chi connectivity index (χ4n) is 8.10.